The van der Waals surface area contributed by atoms with Crippen LogP contribution in [-0.2, 0) is 17.9 Å². The molecule has 1 heterocycles. The third-order valence-corrected chi connectivity index (χ3v) is 4.16. The van der Waals surface area contributed by atoms with Crippen LogP contribution in [0.25, 0.3) is 10.9 Å². The van der Waals surface area contributed by atoms with Crippen molar-refractivity contribution >= 4 is 16.9 Å². The maximum atomic E-state index is 12.5. The minimum Gasteiger partial charge on any atom is -0.457 e. The third-order valence-electron chi connectivity index (χ3n) is 4.16. The average Bonchev–Trinajstić information content (AvgIpc) is 3.03. The summed E-state index contributed by atoms with van der Waals surface area (Å²) < 4.78 is 7.56. The molecule has 4 heteroatoms. The molecule has 0 saturated heterocycles. The van der Waals surface area contributed by atoms with E-state index in [4.69, 9.17) is 10.00 Å². The Balaban J connectivity index is 1.76. The van der Waals surface area contributed by atoms with Crippen LogP contribution in [0.3, 0.4) is 0 Å². The Morgan fingerprint density at radius 2 is 1.80 bits per heavy atom. The number of nitrogens with zero attached hydrogens (tertiary/aromatic N) is 2. The van der Waals surface area contributed by atoms with Crippen LogP contribution in [0.15, 0.2) is 60.8 Å². The van der Waals surface area contributed by atoms with E-state index in [0.29, 0.717) is 12.0 Å². The van der Waals surface area contributed by atoms with Crippen molar-refractivity contribution in [2.75, 3.05) is 0 Å². The molecule has 126 valence electrons. The number of carbonyl (C=O) groups is 1. The first-order valence-electron chi connectivity index (χ1n) is 8.45. The number of rotatable bonds is 7. The number of fused-ring (bicyclic) bond motifs is 1. The van der Waals surface area contributed by atoms with E-state index >= 15 is 0 Å². The van der Waals surface area contributed by atoms with Gasteiger partial charge in [-0.05, 0) is 24.5 Å². The monoisotopic (exact) mass is 332 g/mol. The van der Waals surface area contributed by atoms with Gasteiger partial charge in [0.05, 0.1) is 11.6 Å². The summed E-state index contributed by atoms with van der Waals surface area (Å²) in [5.74, 6) is -0.309. The molecule has 0 bridgehead atoms. The Kier molecular flexibility index (Phi) is 5.48. The molecule has 25 heavy (non-hydrogen) atoms. The predicted octanol–water partition coefficient (Wildman–Crippen LogP) is 4.69. The van der Waals surface area contributed by atoms with Crippen LogP contribution in [-0.4, -0.2) is 10.5 Å². The Labute approximate surface area is 147 Å². The van der Waals surface area contributed by atoms with E-state index in [0.717, 1.165) is 35.9 Å². The highest BCUT2D eigenvalue weighted by atomic mass is 16.5. The van der Waals surface area contributed by atoms with E-state index in [2.05, 4.69) is 10.6 Å². The molecule has 0 aliphatic heterocycles. The lowest BCUT2D eigenvalue weighted by Gasteiger charge is -2.04. The van der Waals surface area contributed by atoms with Gasteiger partial charge in [-0.3, -0.25) is 0 Å². The zero-order valence-electron chi connectivity index (χ0n) is 14.0. The molecule has 0 N–H and O–H groups in total. The van der Waals surface area contributed by atoms with Gasteiger partial charge >= 0.3 is 5.97 Å². The number of para-hydroxylation sites is 1. The SMILES string of the molecule is N#CCCCCn1cc(C(=O)OCc2ccccc2)c2ccccc21. The van der Waals surface area contributed by atoms with Gasteiger partial charge < -0.3 is 9.30 Å². The lowest BCUT2D eigenvalue weighted by Crippen LogP contribution is -2.05. The Morgan fingerprint density at radius 1 is 1.04 bits per heavy atom. The molecule has 0 fully saturated rings. The van der Waals surface area contributed by atoms with Gasteiger partial charge in [0.15, 0.2) is 0 Å². The minimum atomic E-state index is -0.309. The van der Waals surface area contributed by atoms with Gasteiger partial charge in [0.2, 0.25) is 0 Å². The highest BCUT2D eigenvalue weighted by molar-refractivity contribution is 6.04. The normalized spacial score (nSPS) is 10.5. The number of unbranched alkanes of at least 4 members (excludes halogenated alkanes) is 2. The number of hydrogen-bond acceptors (Lipinski definition) is 3. The van der Waals surface area contributed by atoms with Crippen LogP contribution in [0.2, 0.25) is 0 Å². The molecule has 0 atom stereocenters. The molecule has 0 amide bonds. The second-order valence-electron chi connectivity index (χ2n) is 5.93. The number of ether oxygens (including phenoxy) is 1. The molecule has 3 aromatic rings. The number of aromatic nitrogens is 1. The maximum Gasteiger partial charge on any atom is 0.340 e. The number of carbonyl (C=O) groups excluding carboxylic acids is 1. The molecular formula is C21H20N2O2. The van der Waals surface area contributed by atoms with Crippen LogP contribution in [0, 0.1) is 11.3 Å². The minimum absolute atomic E-state index is 0.265. The van der Waals surface area contributed by atoms with Gasteiger partial charge in [-0.2, -0.15) is 5.26 Å². The highest BCUT2D eigenvalue weighted by Gasteiger charge is 2.16. The summed E-state index contributed by atoms with van der Waals surface area (Å²) in [6.45, 7) is 1.05. The van der Waals surface area contributed by atoms with E-state index in [1.165, 1.54) is 0 Å². The number of hydrogen-bond donors (Lipinski definition) is 0. The van der Waals surface area contributed by atoms with Gasteiger partial charge in [0.25, 0.3) is 0 Å². The van der Waals surface area contributed by atoms with Crippen molar-refractivity contribution in [1.29, 1.82) is 5.26 Å². The predicted molar refractivity (Wildman–Crippen MR) is 97.0 cm³/mol. The number of nitriles is 1. The average molecular weight is 332 g/mol. The van der Waals surface area contributed by atoms with E-state index in [-0.39, 0.29) is 12.6 Å². The topological polar surface area (TPSA) is 55.0 Å². The zero-order chi connectivity index (χ0) is 17.5. The standard InChI is InChI=1S/C21H20N2O2/c22-13-7-2-8-14-23-15-19(18-11-5-6-12-20(18)23)21(24)25-16-17-9-3-1-4-10-17/h1,3-6,9-12,15H,2,7-8,14,16H2. The van der Waals surface area contributed by atoms with Crippen molar-refractivity contribution in [3.63, 3.8) is 0 Å². The van der Waals surface area contributed by atoms with E-state index < -0.39 is 0 Å². The largest absolute Gasteiger partial charge is 0.457 e. The molecule has 1 aromatic heterocycles. The quantitative estimate of drug-likeness (QED) is 0.466. The van der Waals surface area contributed by atoms with Gasteiger partial charge in [-0.1, -0.05) is 48.5 Å². The van der Waals surface area contributed by atoms with Crippen molar-refractivity contribution < 1.29 is 9.53 Å². The maximum absolute atomic E-state index is 12.5. The van der Waals surface area contributed by atoms with Gasteiger partial charge in [-0.25, -0.2) is 4.79 Å². The molecule has 0 aliphatic rings. The molecular weight excluding hydrogens is 312 g/mol. The number of aryl methyl sites for hydroxylation is 1. The first-order chi connectivity index (χ1) is 12.3. The summed E-state index contributed by atoms with van der Waals surface area (Å²) in [4.78, 5) is 12.5. The lowest BCUT2D eigenvalue weighted by molar-refractivity contribution is 0.0475. The summed E-state index contributed by atoms with van der Waals surface area (Å²) in [6.07, 6.45) is 4.19. The van der Waals surface area contributed by atoms with Crippen molar-refractivity contribution in [2.45, 2.75) is 32.4 Å². The van der Waals surface area contributed by atoms with Crippen LogP contribution in [0.5, 0.6) is 0 Å². The molecule has 2 aromatic carbocycles. The Bertz CT molecular complexity index is 891. The summed E-state index contributed by atoms with van der Waals surface area (Å²) in [7, 11) is 0. The van der Waals surface area contributed by atoms with Crippen LogP contribution in [0.1, 0.15) is 35.2 Å². The molecule has 0 unspecified atom stereocenters. The van der Waals surface area contributed by atoms with Crippen molar-refractivity contribution in [2.24, 2.45) is 0 Å². The summed E-state index contributed by atoms with van der Waals surface area (Å²) >= 11 is 0. The molecule has 0 spiro atoms. The van der Waals surface area contributed by atoms with Crippen LogP contribution >= 0.6 is 0 Å². The fourth-order valence-electron chi connectivity index (χ4n) is 2.88. The van der Waals surface area contributed by atoms with Crippen molar-refractivity contribution in [3.8, 4) is 6.07 Å². The van der Waals surface area contributed by atoms with Crippen molar-refractivity contribution in [1.82, 2.24) is 4.57 Å². The second kappa shape index (κ2) is 8.16. The summed E-state index contributed by atoms with van der Waals surface area (Å²) in [6, 6.07) is 19.7. The van der Waals surface area contributed by atoms with Crippen molar-refractivity contribution in [3.05, 3.63) is 71.9 Å². The van der Waals surface area contributed by atoms with Crippen LogP contribution in [0.4, 0.5) is 0 Å². The lowest BCUT2D eigenvalue weighted by atomic mass is 10.2. The molecule has 0 saturated carbocycles. The van der Waals surface area contributed by atoms with E-state index in [1.807, 2.05) is 60.8 Å². The fourth-order valence-corrected chi connectivity index (χ4v) is 2.88. The zero-order valence-corrected chi connectivity index (χ0v) is 14.0. The van der Waals surface area contributed by atoms with E-state index in [1.54, 1.807) is 0 Å². The molecule has 3 rings (SSSR count). The highest BCUT2D eigenvalue weighted by Crippen LogP contribution is 2.23. The molecule has 0 aliphatic carbocycles. The summed E-state index contributed by atoms with van der Waals surface area (Å²) in [5.41, 5.74) is 2.58. The summed E-state index contributed by atoms with van der Waals surface area (Å²) in [5, 5.41) is 9.55. The van der Waals surface area contributed by atoms with Gasteiger partial charge in [0, 0.05) is 30.1 Å². The number of esters is 1. The first kappa shape index (κ1) is 16.8. The first-order valence-corrected chi connectivity index (χ1v) is 8.45. The smallest absolute Gasteiger partial charge is 0.340 e. The third kappa shape index (κ3) is 4.07. The fraction of sp³-hybridized carbons (Fsp3) is 0.238. The van der Waals surface area contributed by atoms with Crippen LogP contribution < -0.4 is 0 Å². The molecule has 0 radical (unpaired) electrons. The van der Waals surface area contributed by atoms with Gasteiger partial charge in [-0.15, -0.1) is 0 Å². The number of benzene rings is 2. The second-order valence-corrected chi connectivity index (χ2v) is 5.93. The Hall–Kier alpha value is -3.06. The Morgan fingerprint density at radius 3 is 2.60 bits per heavy atom. The molecule has 4 nitrogen and oxygen atoms in total. The van der Waals surface area contributed by atoms with Gasteiger partial charge in [0.1, 0.15) is 6.61 Å². The van der Waals surface area contributed by atoms with E-state index in [9.17, 15) is 4.79 Å².